The molecule has 1 saturated heterocycles. The van der Waals surface area contributed by atoms with E-state index in [-0.39, 0.29) is 12.5 Å². The summed E-state index contributed by atoms with van der Waals surface area (Å²) >= 11 is 0. The minimum atomic E-state index is -0.433. The number of nitrogens with one attached hydrogen (secondary N) is 1. The maximum absolute atomic E-state index is 12.9. The number of nitrogens with zero attached hydrogens (tertiary/aromatic N) is 1. The van der Waals surface area contributed by atoms with Crippen LogP contribution in [0.1, 0.15) is 21.5 Å². The quantitative estimate of drug-likeness (QED) is 0.928. The average Bonchev–Trinajstić information content (AvgIpc) is 2.93. The monoisotopic (exact) mass is 342 g/mol. The fourth-order valence-corrected chi connectivity index (χ4v) is 2.86. The second-order valence-electron chi connectivity index (χ2n) is 6.18. The Morgan fingerprint density at radius 2 is 1.84 bits per heavy atom. The van der Waals surface area contributed by atoms with Crippen molar-refractivity contribution in [1.29, 1.82) is 0 Å². The summed E-state index contributed by atoms with van der Waals surface area (Å²) < 4.78 is 18.2. The van der Waals surface area contributed by atoms with Crippen molar-refractivity contribution in [2.24, 2.45) is 0 Å². The minimum Gasteiger partial charge on any atom is -0.442 e. The van der Waals surface area contributed by atoms with Crippen LogP contribution in [0.5, 0.6) is 0 Å². The lowest BCUT2D eigenvalue weighted by Crippen LogP contribution is -2.34. The standard InChI is InChI=1S/C19H19FN2O3/c1-12-7-13(2)9-16(8-12)22-11-17(25-19(22)24)10-21-18(23)14-3-5-15(20)6-4-14/h3-9,17H,10-11H2,1-2H3,(H,21,23). The number of cyclic esters (lactones) is 1. The lowest BCUT2D eigenvalue weighted by atomic mass is 10.1. The molecule has 3 rings (SSSR count). The van der Waals surface area contributed by atoms with Gasteiger partial charge in [0.15, 0.2) is 0 Å². The molecule has 1 aliphatic heterocycles. The van der Waals surface area contributed by atoms with Crippen molar-refractivity contribution in [2.75, 3.05) is 18.0 Å². The number of aryl methyl sites for hydroxylation is 2. The van der Waals surface area contributed by atoms with E-state index in [4.69, 9.17) is 4.74 Å². The SMILES string of the molecule is Cc1cc(C)cc(N2CC(CNC(=O)c3ccc(F)cc3)OC2=O)c1. The van der Waals surface area contributed by atoms with Crippen LogP contribution in [0.4, 0.5) is 14.9 Å². The summed E-state index contributed by atoms with van der Waals surface area (Å²) in [5.41, 5.74) is 3.28. The molecule has 5 nitrogen and oxygen atoms in total. The third-order valence-corrected chi connectivity index (χ3v) is 3.99. The van der Waals surface area contributed by atoms with Gasteiger partial charge >= 0.3 is 6.09 Å². The molecule has 6 heteroatoms. The van der Waals surface area contributed by atoms with Crippen molar-refractivity contribution in [3.8, 4) is 0 Å². The van der Waals surface area contributed by atoms with E-state index in [0.29, 0.717) is 12.1 Å². The Hall–Kier alpha value is -2.89. The second-order valence-corrected chi connectivity index (χ2v) is 6.18. The van der Waals surface area contributed by atoms with E-state index in [1.165, 1.54) is 24.3 Å². The molecular formula is C19H19FN2O3. The smallest absolute Gasteiger partial charge is 0.414 e. The van der Waals surface area contributed by atoms with Crippen LogP contribution in [-0.2, 0) is 4.74 Å². The highest BCUT2D eigenvalue weighted by Crippen LogP contribution is 2.24. The first kappa shape index (κ1) is 17.0. The minimum absolute atomic E-state index is 0.198. The van der Waals surface area contributed by atoms with Gasteiger partial charge in [-0.05, 0) is 61.4 Å². The van der Waals surface area contributed by atoms with Gasteiger partial charge in [-0.15, -0.1) is 0 Å². The van der Waals surface area contributed by atoms with E-state index in [2.05, 4.69) is 5.32 Å². The summed E-state index contributed by atoms with van der Waals surface area (Å²) in [7, 11) is 0. The number of hydrogen-bond acceptors (Lipinski definition) is 3. The van der Waals surface area contributed by atoms with Gasteiger partial charge in [0.25, 0.3) is 5.91 Å². The van der Waals surface area contributed by atoms with E-state index in [0.717, 1.165) is 16.8 Å². The third kappa shape index (κ3) is 3.96. The molecule has 1 heterocycles. The molecule has 1 aliphatic rings. The summed E-state index contributed by atoms with van der Waals surface area (Å²) in [4.78, 5) is 25.7. The number of benzene rings is 2. The predicted molar refractivity (Wildman–Crippen MR) is 92.3 cm³/mol. The number of halogens is 1. The Morgan fingerprint density at radius 1 is 1.20 bits per heavy atom. The zero-order chi connectivity index (χ0) is 18.0. The van der Waals surface area contributed by atoms with Gasteiger partial charge in [0.1, 0.15) is 11.9 Å². The van der Waals surface area contributed by atoms with Gasteiger partial charge in [-0.1, -0.05) is 6.07 Å². The Labute approximate surface area is 145 Å². The van der Waals surface area contributed by atoms with E-state index >= 15 is 0 Å². The van der Waals surface area contributed by atoms with Crippen molar-refractivity contribution in [3.05, 3.63) is 65.0 Å². The van der Waals surface area contributed by atoms with E-state index < -0.39 is 18.0 Å². The Balaban J connectivity index is 1.61. The third-order valence-electron chi connectivity index (χ3n) is 3.99. The second kappa shape index (κ2) is 6.93. The number of hydrogen-bond donors (Lipinski definition) is 1. The average molecular weight is 342 g/mol. The lowest BCUT2D eigenvalue weighted by molar-refractivity contribution is 0.0916. The zero-order valence-corrected chi connectivity index (χ0v) is 14.1. The molecule has 0 saturated carbocycles. The van der Waals surface area contributed by atoms with Crippen LogP contribution in [-0.4, -0.2) is 31.2 Å². The topological polar surface area (TPSA) is 58.6 Å². The summed E-state index contributed by atoms with van der Waals surface area (Å²) in [6.07, 6.45) is -0.858. The number of carbonyl (C=O) groups excluding carboxylic acids is 2. The molecule has 1 fully saturated rings. The molecule has 2 aromatic rings. The molecule has 0 radical (unpaired) electrons. The van der Waals surface area contributed by atoms with Crippen LogP contribution in [0.3, 0.4) is 0 Å². The maximum Gasteiger partial charge on any atom is 0.414 e. The predicted octanol–water partition coefficient (Wildman–Crippen LogP) is 3.20. The van der Waals surface area contributed by atoms with Gasteiger partial charge in [-0.25, -0.2) is 9.18 Å². The Bertz CT molecular complexity index is 785. The molecule has 25 heavy (non-hydrogen) atoms. The van der Waals surface area contributed by atoms with Crippen LogP contribution in [0, 0.1) is 19.7 Å². The summed E-state index contributed by atoms with van der Waals surface area (Å²) in [6, 6.07) is 11.2. The van der Waals surface area contributed by atoms with E-state index in [9.17, 15) is 14.0 Å². The van der Waals surface area contributed by atoms with Gasteiger partial charge in [-0.2, -0.15) is 0 Å². The highest BCUT2D eigenvalue weighted by molar-refractivity contribution is 5.94. The molecule has 0 aliphatic carbocycles. The van der Waals surface area contributed by atoms with Crippen LogP contribution < -0.4 is 10.2 Å². The molecular weight excluding hydrogens is 323 g/mol. The van der Waals surface area contributed by atoms with E-state index in [1.54, 1.807) is 4.90 Å². The first-order chi connectivity index (χ1) is 11.9. The largest absolute Gasteiger partial charge is 0.442 e. The molecule has 0 aromatic heterocycles. The molecule has 2 aromatic carbocycles. The van der Waals surface area contributed by atoms with Gasteiger partial charge in [0.05, 0.1) is 13.1 Å². The molecule has 1 atom stereocenters. The van der Waals surface area contributed by atoms with Crippen molar-refractivity contribution in [3.63, 3.8) is 0 Å². The molecule has 1 unspecified atom stereocenters. The van der Waals surface area contributed by atoms with Gasteiger partial charge in [-0.3, -0.25) is 9.69 Å². The van der Waals surface area contributed by atoms with Gasteiger partial charge in [0, 0.05) is 11.3 Å². The van der Waals surface area contributed by atoms with Crippen molar-refractivity contribution in [1.82, 2.24) is 5.32 Å². The zero-order valence-electron chi connectivity index (χ0n) is 14.1. The first-order valence-electron chi connectivity index (χ1n) is 8.02. The maximum atomic E-state index is 12.9. The van der Waals surface area contributed by atoms with Gasteiger partial charge < -0.3 is 10.1 Å². The van der Waals surface area contributed by atoms with Crippen LogP contribution in [0.15, 0.2) is 42.5 Å². The van der Waals surface area contributed by atoms with Crippen molar-refractivity contribution >= 4 is 17.7 Å². The Morgan fingerprint density at radius 3 is 2.48 bits per heavy atom. The molecule has 0 spiro atoms. The fraction of sp³-hybridized carbons (Fsp3) is 0.263. The van der Waals surface area contributed by atoms with Crippen LogP contribution >= 0.6 is 0 Å². The highest BCUT2D eigenvalue weighted by atomic mass is 19.1. The van der Waals surface area contributed by atoms with Crippen LogP contribution in [0.25, 0.3) is 0 Å². The summed E-state index contributed by atoms with van der Waals surface area (Å²) in [5, 5.41) is 2.71. The number of amides is 2. The van der Waals surface area contributed by atoms with Crippen molar-refractivity contribution < 1.29 is 18.7 Å². The first-order valence-corrected chi connectivity index (χ1v) is 8.02. The molecule has 1 N–H and O–H groups in total. The summed E-state index contributed by atoms with van der Waals surface area (Å²) in [5.74, 6) is -0.730. The lowest BCUT2D eigenvalue weighted by Gasteiger charge is -2.14. The number of ether oxygens (including phenoxy) is 1. The number of anilines is 1. The number of carbonyl (C=O) groups is 2. The van der Waals surface area contributed by atoms with E-state index in [1.807, 2.05) is 32.0 Å². The highest BCUT2D eigenvalue weighted by Gasteiger charge is 2.32. The van der Waals surface area contributed by atoms with Crippen LogP contribution in [0.2, 0.25) is 0 Å². The molecule has 2 amide bonds. The van der Waals surface area contributed by atoms with Gasteiger partial charge in [0.2, 0.25) is 0 Å². The fourth-order valence-electron chi connectivity index (χ4n) is 2.86. The molecule has 130 valence electrons. The van der Waals surface area contributed by atoms with Crippen molar-refractivity contribution in [2.45, 2.75) is 20.0 Å². The molecule has 0 bridgehead atoms. The number of rotatable bonds is 4. The Kier molecular flexibility index (Phi) is 4.70. The normalized spacial score (nSPS) is 16.7. The summed E-state index contributed by atoms with van der Waals surface area (Å²) in [6.45, 7) is 4.51.